The van der Waals surface area contributed by atoms with E-state index in [0.717, 1.165) is 16.8 Å². The molecule has 29 heavy (non-hydrogen) atoms. The first-order valence-corrected chi connectivity index (χ1v) is 10.00. The molecule has 152 valence electrons. The molecule has 0 saturated heterocycles. The molecule has 1 N–H and O–H groups in total. The van der Waals surface area contributed by atoms with Gasteiger partial charge in [-0.2, -0.15) is 5.10 Å². The number of nitrogens with one attached hydrogen (secondary N) is 1. The smallest absolute Gasteiger partial charge is 0.234 e. The number of rotatable bonds is 7. The summed E-state index contributed by atoms with van der Waals surface area (Å²) in [5, 5.41) is 8.23. The van der Waals surface area contributed by atoms with E-state index in [1.165, 1.54) is 6.33 Å². The van der Waals surface area contributed by atoms with Crippen molar-refractivity contribution in [3.05, 3.63) is 76.3 Å². The Bertz CT molecular complexity index is 960. The van der Waals surface area contributed by atoms with Crippen LogP contribution in [0.4, 0.5) is 0 Å². The SMILES string of the molecule is CC(NC(=O)CN(C)C(C)c1ccc(-n2cncn2)cc1)c1ccc(Cl)cc1Cl. The molecular weight excluding hydrogens is 409 g/mol. The lowest BCUT2D eigenvalue weighted by atomic mass is 10.1. The van der Waals surface area contributed by atoms with Crippen molar-refractivity contribution in [1.29, 1.82) is 0 Å². The summed E-state index contributed by atoms with van der Waals surface area (Å²) in [6.45, 7) is 4.23. The highest BCUT2D eigenvalue weighted by Gasteiger charge is 2.18. The van der Waals surface area contributed by atoms with Gasteiger partial charge in [0.1, 0.15) is 12.7 Å². The highest BCUT2D eigenvalue weighted by Crippen LogP contribution is 2.26. The third kappa shape index (κ3) is 5.35. The zero-order chi connectivity index (χ0) is 21.0. The van der Waals surface area contributed by atoms with Crippen LogP contribution >= 0.6 is 23.2 Å². The second-order valence-corrected chi connectivity index (χ2v) is 7.82. The Morgan fingerprint density at radius 1 is 1.17 bits per heavy atom. The van der Waals surface area contributed by atoms with E-state index in [1.54, 1.807) is 23.1 Å². The van der Waals surface area contributed by atoms with Gasteiger partial charge in [-0.25, -0.2) is 9.67 Å². The Balaban J connectivity index is 1.58. The molecule has 2 atom stereocenters. The lowest BCUT2D eigenvalue weighted by Gasteiger charge is -2.25. The van der Waals surface area contributed by atoms with Crippen molar-refractivity contribution in [3.63, 3.8) is 0 Å². The van der Waals surface area contributed by atoms with Gasteiger partial charge in [-0.3, -0.25) is 9.69 Å². The lowest BCUT2D eigenvalue weighted by molar-refractivity contribution is -0.123. The van der Waals surface area contributed by atoms with Gasteiger partial charge in [0, 0.05) is 16.1 Å². The minimum atomic E-state index is -0.210. The zero-order valence-corrected chi connectivity index (χ0v) is 18.0. The van der Waals surface area contributed by atoms with Gasteiger partial charge < -0.3 is 5.32 Å². The minimum absolute atomic E-state index is 0.0694. The topological polar surface area (TPSA) is 63.1 Å². The van der Waals surface area contributed by atoms with Gasteiger partial charge in [0.05, 0.1) is 18.3 Å². The number of carbonyl (C=O) groups is 1. The van der Waals surface area contributed by atoms with Crippen molar-refractivity contribution in [2.75, 3.05) is 13.6 Å². The van der Waals surface area contributed by atoms with Crippen molar-refractivity contribution in [2.45, 2.75) is 25.9 Å². The molecule has 3 aromatic rings. The van der Waals surface area contributed by atoms with Crippen LogP contribution in [0.2, 0.25) is 10.0 Å². The van der Waals surface area contributed by atoms with Crippen molar-refractivity contribution in [2.24, 2.45) is 0 Å². The van der Waals surface area contributed by atoms with Crippen LogP contribution in [0, 0.1) is 0 Å². The van der Waals surface area contributed by atoms with Crippen LogP contribution in [-0.2, 0) is 4.79 Å². The van der Waals surface area contributed by atoms with Gasteiger partial charge in [-0.1, -0.05) is 41.4 Å². The molecule has 6 nitrogen and oxygen atoms in total. The Morgan fingerprint density at radius 2 is 1.90 bits per heavy atom. The zero-order valence-electron chi connectivity index (χ0n) is 16.5. The number of halogens is 2. The number of benzene rings is 2. The fourth-order valence-corrected chi connectivity index (χ4v) is 3.65. The van der Waals surface area contributed by atoms with Gasteiger partial charge in [-0.05, 0) is 56.3 Å². The van der Waals surface area contributed by atoms with E-state index in [-0.39, 0.29) is 24.5 Å². The van der Waals surface area contributed by atoms with Gasteiger partial charge in [0.2, 0.25) is 5.91 Å². The Hall–Kier alpha value is -2.41. The summed E-state index contributed by atoms with van der Waals surface area (Å²) >= 11 is 12.2. The number of hydrogen-bond donors (Lipinski definition) is 1. The average Bonchev–Trinajstić information content (AvgIpc) is 3.22. The molecule has 0 aliphatic rings. The lowest BCUT2D eigenvalue weighted by Crippen LogP contribution is -2.37. The van der Waals surface area contributed by atoms with E-state index in [9.17, 15) is 4.79 Å². The quantitative estimate of drug-likeness (QED) is 0.600. The standard InChI is InChI=1S/C21H23Cl2N5O/c1-14(19-9-6-17(22)10-20(19)23)26-21(29)11-27(3)15(2)16-4-7-18(8-5-16)28-13-24-12-25-28/h4-10,12-15H,11H2,1-3H3,(H,26,29). The van der Waals surface area contributed by atoms with Crippen LogP contribution in [0.5, 0.6) is 0 Å². The summed E-state index contributed by atoms with van der Waals surface area (Å²) < 4.78 is 1.70. The summed E-state index contributed by atoms with van der Waals surface area (Å²) in [6, 6.07) is 13.2. The second kappa shape index (κ2) is 9.39. The normalized spacial score (nSPS) is 13.3. The van der Waals surface area contributed by atoms with Crippen LogP contribution in [0.15, 0.2) is 55.1 Å². The summed E-state index contributed by atoms with van der Waals surface area (Å²) in [4.78, 5) is 18.5. The Labute approximate surface area is 180 Å². The molecule has 0 saturated carbocycles. The molecular formula is C21H23Cl2N5O. The maximum absolute atomic E-state index is 12.5. The average molecular weight is 432 g/mol. The van der Waals surface area contributed by atoms with Crippen molar-refractivity contribution >= 4 is 29.1 Å². The van der Waals surface area contributed by atoms with E-state index in [1.807, 2.05) is 49.2 Å². The monoisotopic (exact) mass is 431 g/mol. The van der Waals surface area contributed by atoms with Crippen LogP contribution in [0.3, 0.4) is 0 Å². The van der Waals surface area contributed by atoms with E-state index in [4.69, 9.17) is 23.2 Å². The maximum Gasteiger partial charge on any atom is 0.234 e. The predicted octanol–water partition coefficient (Wildman–Crippen LogP) is 4.44. The first-order chi connectivity index (χ1) is 13.8. The summed E-state index contributed by atoms with van der Waals surface area (Å²) in [5.74, 6) is -0.0721. The maximum atomic E-state index is 12.5. The highest BCUT2D eigenvalue weighted by molar-refractivity contribution is 6.35. The van der Waals surface area contributed by atoms with Crippen molar-refractivity contribution in [3.8, 4) is 5.69 Å². The summed E-state index contributed by atoms with van der Waals surface area (Å²) in [5.41, 5.74) is 2.88. The van der Waals surface area contributed by atoms with Gasteiger partial charge in [0.15, 0.2) is 0 Å². The molecule has 0 spiro atoms. The molecule has 8 heteroatoms. The number of likely N-dealkylation sites (N-methyl/N-ethyl adjacent to an activating group) is 1. The van der Waals surface area contributed by atoms with Gasteiger partial charge >= 0.3 is 0 Å². The molecule has 0 bridgehead atoms. The molecule has 0 aliphatic carbocycles. The van der Waals surface area contributed by atoms with Gasteiger partial charge in [-0.15, -0.1) is 0 Å². The predicted molar refractivity (Wildman–Crippen MR) is 115 cm³/mol. The number of carbonyl (C=O) groups excluding carboxylic acids is 1. The molecule has 1 aromatic heterocycles. The van der Waals surface area contributed by atoms with Crippen LogP contribution in [0.1, 0.15) is 37.1 Å². The summed E-state index contributed by atoms with van der Waals surface area (Å²) in [7, 11) is 1.93. The molecule has 1 heterocycles. The van der Waals surface area contributed by atoms with E-state index in [0.29, 0.717) is 10.0 Å². The Kier molecular flexibility index (Phi) is 6.90. The van der Waals surface area contributed by atoms with Crippen LogP contribution in [0.25, 0.3) is 5.69 Å². The summed E-state index contributed by atoms with van der Waals surface area (Å²) in [6.07, 6.45) is 3.16. The van der Waals surface area contributed by atoms with E-state index >= 15 is 0 Å². The molecule has 3 rings (SSSR count). The number of amides is 1. The van der Waals surface area contributed by atoms with Crippen molar-refractivity contribution in [1.82, 2.24) is 25.0 Å². The third-order valence-electron chi connectivity index (χ3n) is 4.92. The molecule has 0 radical (unpaired) electrons. The van der Waals surface area contributed by atoms with Crippen LogP contribution < -0.4 is 5.32 Å². The van der Waals surface area contributed by atoms with Crippen molar-refractivity contribution < 1.29 is 4.79 Å². The van der Waals surface area contributed by atoms with E-state index < -0.39 is 0 Å². The first kappa shape index (κ1) is 21.3. The molecule has 0 fully saturated rings. The molecule has 1 amide bonds. The first-order valence-electron chi connectivity index (χ1n) is 9.24. The molecule has 0 aliphatic heterocycles. The third-order valence-corrected chi connectivity index (χ3v) is 5.48. The number of aromatic nitrogens is 3. The van der Waals surface area contributed by atoms with E-state index in [2.05, 4.69) is 22.3 Å². The van der Waals surface area contributed by atoms with Crippen LogP contribution in [-0.4, -0.2) is 39.2 Å². The fraction of sp³-hybridized carbons (Fsp3) is 0.286. The van der Waals surface area contributed by atoms with Gasteiger partial charge in [0.25, 0.3) is 0 Å². The fourth-order valence-electron chi connectivity index (χ4n) is 3.08. The second-order valence-electron chi connectivity index (χ2n) is 6.98. The molecule has 2 aromatic carbocycles. The number of hydrogen-bond acceptors (Lipinski definition) is 4. The Morgan fingerprint density at radius 3 is 2.52 bits per heavy atom. The molecule has 2 unspecified atom stereocenters. The minimum Gasteiger partial charge on any atom is -0.348 e. The highest BCUT2D eigenvalue weighted by atomic mass is 35.5. The largest absolute Gasteiger partial charge is 0.348 e. The number of nitrogens with zero attached hydrogens (tertiary/aromatic N) is 4.